The molecule has 2 aliphatic rings. The molecule has 0 amide bonds. The lowest BCUT2D eigenvalue weighted by molar-refractivity contribution is 0.0514. The van der Waals surface area contributed by atoms with E-state index in [1.165, 1.54) is 32.8 Å². The van der Waals surface area contributed by atoms with Gasteiger partial charge >= 0.3 is 11.9 Å². The number of benzene rings is 2. The highest BCUT2D eigenvalue weighted by Crippen LogP contribution is 2.33. The van der Waals surface area contributed by atoms with Crippen LogP contribution >= 0.6 is 0 Å². The largest absolute Gasteiger partial charge is 0.462 e. The van der Waals surface area contributed by atoms with Crippen LogP contribution in [0.5, 0.6) is 0 Å². The zero-order chi connectivity index (χ0) is 37.4. The van der Waals surface area contributed by atoms with Gasteiger partial charge in [-0.05, 0) is 39.8 Å². The summed E-state index contributed by atoms with van der Waals surface area (Å²) in [4.78, 5) is 56.0. The number of hydrogen-bond acceptors (Lipinski definition) is 10. The molecule has 16 heteroatoms. The first-order chi connectivity index (χ1) is 24.9. The second kappa shape index (κ2) is 14.9. The van der Waals surface area contributed by atoms with E-state index in [1.807, 2.05) is 13.8 Å². The standard InChI is InChI=1S/C36H40F4N6O6/c1-5-51-35(49)23-17-45(29-21(33(23)47)13-25(37)31(27(29)39)43-9-7-41-19(3)15-43)11-12-46-18-24(36(50)52-6-2)34(48)22-14-26(38)32(28(40)30(22)46)44-10-8-42-20(4)16-44/h13-14,17-20,41-42H,5-12,15-16H2,1-4H3. The van der Waals surface area contributed by atoms with Crippen LogP contribution in [0.25, 0.3) is 21.8 Å². The van der Waals surface area contributed by atoms with E-state index in [4.69, 9.17) is 9.47 Å². The van der Waals surface area contributed by atoms with Gasteiger partial charge < -0.3 is 39.0 Å². The number of halogens is 4. The lowest BCUT2D eigenvalue weighted by Crippen LogP contribution is -2.49. The summed E-state index contributed by atoms with van der Waals surface area (Å²) in [5.74, 6) is -6.10. The lowest BCUT2D eigenvalue weighted by atomic mass is 10.1. The molecule has 2 aromatic heterocycles. The molecule has 2 aromatic carbocycles. The Morgan fingerprint density at radius 2 is 1.10 bits per heavy atom. The molecule has 2 N–H and O–H groups in total. The Labute approximate surface area is 295 Å². The number of aryl methyl sites for hydroxylation is 2. The Bertz CT molecular complexity index is 2040. The molecule has 0 bridgehead atoms. The maximum atomic E-state index is 16.6. The molecule has 2 aliphatic heterocycles. The third-order valence-corrected chi connectivity index (χ3v) is 9.40. The van der Waals surface area contributed by atoms with Crippen LogP contribution in [0.2, 0.25) is 0 Å². The zero-order valence-corrected chi connectivity index (χ0v) is 29.3. The molecule has 4 aromatic rings. The van der Waals surface area contributed by atoms with Gasteiger partial charge in [-0.3, -0.25) is 9.59 Å². The number of carbonyl (C=O) groups excluding carboxylic acids is 2. The second-order valence-corrected chi connectivity index (χ2v) is 13.0. The van der Waals surface area contributed by atoms with Crippen molar-refractivity contribution in [1.29, 1.82) is 0 Å². The smallest absolute Gasteiger partial charge is 0.343 e. The maximum absolute atomic E-state index is 16.6. The Morgan fingerprint density at radius 3 is 1.44 bits per heavy atom. The highest BCUT2D eigenvalue weighted by atomic mass is 19.1. The minimum absolute atomic E-state index is 0.0802. The minimum Gasteiger partial charge on any atom is -0.462 e. The number of rotatable bonds is 9. The third kappa shape index (κ3) is 6.72. The Kier molecular flexibility index (Phi) is 10.6. The molecule has 0 spiro atoms. The number of pyridine rings is 2. The number of piperazine rings is 2. The predicted molar refractivity (Wildman–Crippen MR) is 188 cm³/mol. The van der Waals surface area contributed by atoms with Crippen LogP contribution < -0.4 is 31.3 Å². The Balaban J connectivity index is 1.56. The fourth-order valence-electron chi connectivity index (χ4n) is 7.08. The van der Waals surface area contributed by atoms with Crippen LogP contribution in [-0.4, -0.2) is 85.6 Å². The molecule has 278 valence electrons. The average molecular weight is 729 g/mol. The molecule has 0 aliphatic carbocycles. The van der Waals surface area contributed by atoms with Crippen LogP contribution in [0.3, 0.4) is 0 Å². The van der Waals surface area contributed by atoms with Gasteiger partial charge in [0.2, 0.25) is 10.9 Å². The Morgan fingerprint density at radius 1 is 0.712 bits per heavy atom. The highest BCUT2D eigenvalue weighted by molar-refractivity contribution is 5.96. The van der Waals surface area contributed by atoms with Crippen LogP contribution in [0, 0.1) is 23.3 Å². The Hall–Kier alpha value is -4.96. The van der Waals surface area contributed by atoms with Crippen molar-refractivity contribution in [2.45, 2.75) is 52.9 Å². The van der Waals surface area contributed by atoms with E-state index in [0.717, 1.165) is 24.5 Å². The number of ether oxygens (including phenoxy) is 2. The molecule has 2 fully saturated rings. The summed E-state index contributed by atoms with van der Waals surface area (Å²) < 4.78 is 77.3. The van der Waals surface area contributed by atoms with E-state index in [-0.39, 0.29) is 87.0 Å². The predicted octanol–water partition coefficient (Wildman–Crippen LogP) is 3.52. The van der Waals surface area contributed by atoms with Gasteiger partial charge in [0, 0.05) is 76.8 Å². The van der Waals surface area contributed by atoms with Crippen molar-refractivity contribution in [2.24, 2.45) is 0 Å². The summed E-state index contributed by atoms with van der Waals surface area (Å²) >= 11 is 0. The van der Waals surface area contributed by atoms with Gasteiger partial charge in [0.15, 0.2) is 11.6 Å². The van der Waals surface area contributed by atoms with Crippen molar-refractivity contribution in [3.63, 3.8) is 0 Å². The molecule has 2 saturated heterocycles. The van der Waals surface area contributed by atoms with E-state index >= 15 is 17.6 Å². The van der Waals surface area contributed by atoms with Gasteiger partial charge in [0.05, 0.1) is 35.0 Å². The van der Waals surface area contributed by atoms with E-state index in [1.54, 1.807) is 0 Å². The van der Waals surface area contributed by atoms with E-state index in [0.29, 0.717) is 13.1 Å². The number of aromatic nitrogens is 2. The van der Waals surface area contributed by atoms with Crippen LogP contribution in [-0.2, 0) is 22.6 Å². The minimum atomic E-state index is -1.04. The van der Waals surface area contributed by atoms with E-state index in [9.17, 15) is 19.2 Å². The van der Waals surface area contributed by atoms with Crippen molar-refractivity contribution < 1.29 is 36.6 Å². The topological polar surface area (TPSA) is 127 Å². The van der Waals surface area contributed by atoms with E-state index in [2.05, 4.69) is 10.6 Å². The number of anilines is 2. The van der Waals surface area contributed by atoms with Gasteiger partial charge in [0.25, 0.3) is 0 Å². The molecule has 2 atom stereocenters. The SMILES string of the molecule is CCOC(=O)c1cn(CCn2cc(C(=O)OCC)c(=O)c3cc(F)c(N4CCNC(C)C4)c(F)c32)c2c(F)c(N3CCNC(C)C3)c(F)cc2c1=O. The van der Waals surface area contributed by atoms with Crippen LogP contribution in [0.1, 0.15) is 48.4 Å². The van der Waals surface area contributed by atoms with E-state index < -0.39 is 68.0 Å². The fourth-order valence-corrected chi connectivity index (χ4v) is 7.08. The molecule has 0 radical (unpaired) electrons. The number of nitrogens with one attached hydrogen (secondary N) is 2. The number of hydrogen-bond donors (Lipinski definition) is 2. The molecule has 12 nitrogen and oxygen atoms in total. The van der Waals surface area contributed by atoms with Gasteiger partial charge in [0.1, 0.15) is 34.1 Å². The first kappa shape index (κ1) is 36.8. The normalized spacial score (nSPS) is 17.9. The first-order valence-corrected chi connectivity index (χ1v) is 17.3. The summed E-state index contributed by atoms with van der Waals surface area (Å²) in [6.07, 6.45) is 2.18. The summed E-state index contributed by atoms with van der Waals surface area (Å²) in [5, 5.41) is 5.58. The van der Waals surface area contributed by atoms with Gasteiger partial charge in [-0.2, -0.15) is 0 Å². The molecular weight excluding hydrogens is 688 g/mol. The number of nitrogens with zero attached hydrogens (tertiary/aromatic N) is 4. The van der Waals surface area contributed by atoms with Gasteiger partial charge in [-0.1, -0.05) is 0 Å². The monoisotopic (exact) mass is 728 g/mol. The summed E-state index contributed by atoms with van der Waals surface area (Å²) in [5.41, 5.74) is -4.22. The van der Waals surface area contributed by atoms with Crippen LogP contribution in [0.4, 0.5) is 28.9 Å². The number of carbonyl (C=O) groups is 2. The van der Waals surface area contributed by atoms with Crippen LogP contribution in [0.15, 0.2) is 34.1 Å². The average Bonchev–Trinajstić information content (AvgIpc) is 3.09. The summed E-state index contributed by atoms with van der Waals surface area (Å²) in [6.45, 7) is 8.06. The summed E-state index contributed by atoms with van der Waals surface area (Å²) in [6, 6.07) is 1.60. The molecule has 0 saturated carbocycles. The second-order valence-electron chi connectivity index (χ2n) is 13.0. The highest BCUT2D eigenvalue weighted by Gasteiger charge is 2.30. The molecule has 4 heterocycles. The molecular formula is C36H40F4N6O6. The number of fused-ring (bicyclic) bond motifs is 2. The maximum Gasteiger partial charge on any atom is 0.343 e. The van der Waals surface area contributed by atoms with Crippen molar-refractivity contribution >= 4 is 45.1 Å². The van der Waals surface area contributed by atoms with Crippen molar-refractivity contribution in [3.05, 3.63) is 79.4 Å². The van der Waals surface area contributed by atoms with Crippen molar-refractivity contribution in [1.82, 2.24) is 19.8 Å². The molecule has 2 unspecified atom stereocenters. The van der Waals surface area contributed by atoms with Gasteiger partial charge in [-0.25, -0.2) is 27.2 Å². The van der Waals surface area contributed by atoms with Crippen molar-refractivity contribution in [3.8, 4) is 0 Å². The third-order valence-electron chi connectivity index (χ3n) is 9.40. The number of esters is 2. The molecule has 6 rings (SSSR count). The van der Waals surface area contributed by atoms with Crippen molar-refractivity contribution in [2.75, 3.05) is 62.3 Å². The summed E-state index contributed by atoms with van der Waals surface area (Å²) in [7, 11) is 0. The fraction of sp³-hybridized carbons (Fsp3) is 0.444. The lowest BCUT2D eigenvalue weighted by Gasteiger charge is -2.34. The van der Waals surface area contributed by atoms with Gasteiger partial charge in [-0.15, -0.1) is 0 Å². The quantitative estimate of drug-likeness (QED) is 0.195. The first-order valence-electron chi connectivity index (χ1n) is 17.3. The zero-order valence-electron chi connectivity index (χ0n) is 29.3. The molecule has 52 heavy (non-hydrogen) atoms.